The normalized spacial score (nSPS) is 20.6. The van der Waals surface area contributed by atoms with Gasteiger partial charge in [-0.1, -0.05) is 118 Å². The highest BCUT2D eigenvalue weighted by Gasteiger charge is 2.53. The van der Waals surface area contributed by atoms with E-state index in [0.717, 1.165) is 11.1 Å². The minimum absolute atomic E-state index is 0.0117. The minimum Gasteiger partial charge on any atom is -0.444 e. The second kappa shape index (κ2) is 34.8. The molecule has 4 N–H and O–H groups in total. The van der Waals surface area contributed by atoms with E-state index >= 15 is 0 Å². The molecule has 5 heterocycles. The van der Waals surface area contributed by atoms with Gasteiger partial charge < -0.3 is 63.1 Å². The molecular weight excluding hydrogens is 1340 g/mol. The number of hydrogen-bond acceptors (Lipinski definition) is 21. The highest BCUT2D eigenvalue weighted by molar-refractivity contribution is 7.89. The van der Waals surface area contributed by atoms with Crippen molar-refractivity contribution in [3.63, 3.8) is 0 Å². The first-order valence-corrected chi connectivity index (χ1v) is 37.2. The van der Waals surface area contributed by atoms with Crippen molar-refractivity contribution in [3.8, 4) is 0 Å². The van der Waals surface area contributed by atoms with Gasteiger partial charge in [0.25, 0.3) is 11.8 Å². The van der Waals surface area contributed by atoms with Crippen molar-refractivity contribution in [2.45, 2.75) is 217 Å². The lowest BCUT2D eigenvalue weighted by atomic mass is 9.79. The molecule has 5 aliphatic rings. The third-order valence-electron chi connectivity index (χ3n) is 18.0. The highest BCUT2D eigenvalue weighted by atomic mass is 32.2. The van der Waals surface area contributed by atoms with Crippen LogP contribution in [0.3, 0.4) is 0 Å². The summed E-state index contributed by atoms with van der Waals surface area (Å²) in [7, 11) is -9.22. The number of rotatable bonds is 25. The van der Waals surface area contributed by atoms with Crippen LogP contribution in [-0.2, 0) is 89.6 Å². The van der Waals surface area contributed by atoms with E-state index in [0.29, 0.717) is 61.7 Å². The smallest absolute Gasteiger partial charge is 0.444 e. The Hall–Kier alpha value is -6.54. The van der Waals surface area contributed by atoms with Crippen LogP contribution in [0.2, 0.25) is 0 Å². The molecule has 30 heteroatoms. The summed E-state index contributed by atoms with van der Waals surface area (Å²) in [6.45, 7) is 30.2. The molecule has 9 rings (SSSR count). The van der Waals surface area contributed by atoms with Crippen LogP contribution in [0.5, 0.6) is 0 Å². The van der Waals surface area contributed by atoms with Crippen LogP contribution < -0.4 is 21.6 Å². The average Bonchev–Trinajstić information content (AvgIpc) is 1.65. The summed E-state index contributed by atoms with van der Waals surface area (Å²) in [6, 6.07) is 30.1. The minimum atomic E-state index is -4.00. The number of aliphatic hydroxyl groups excluding tert-OH is 2. The van der Waals surface area contributed by atoms with Crippen molar-refractivity contribution >= 4 is 75.4 Å². The van der Waals surface area contributed by atoms with Gasteiger partial charge in [-0.3, -0.25) is 14.4 Å². The number of nitrogens with one attached hydrogen (secondary N) is 2. The number of alkyl carbamates (subject to hydrolysis) is 2. The second-order valence-corrected chi connectivity index (χ2v) is 33.6. The predicted octanol–water partition coefficient (Wildman–Crippen LogP) is 7.24. The Bertz CT molecular complexity index is 3560. The number of sulfonamides is 2. The number of aliphatic hydroxyl groups is 2. The summed E-state index contributed by atoms with van der Waals surface area (Å²) in [6.07, 6.45) is -3.63. The third kappa shape index (κ3) is 23.2. The van der Waals surface area contributed by atoms with Crippen LogP contribution in [0.25, 0.3) is 0 Å². The van der Waals surface area contributed by atoms with Gasteiger partial charge in [0, 0.05) is 51.9 Å². The average molecular weight is 1450 g/mol. The highest BCUT2D eigenvalue weighted by Crippen LogP contribution is 2.38. The van der Waals surface area contributed by atoms with Crippen LogP contribution in [-0.4, -0.2) is 202 Å². The molecule has 0 aliphatic carbocycles. The third-order valence-corrected chi connectivity index (χ3v) is 21.7. The molecule has 0 saturated carbocycles. The molecule has 4 aromatic rings. The van der Waals surface area contributed by atoms with E-state index in [2.05, 4.69) is 15.5 Å². The molecule has 0 unspecified atom stereocenters. The molecule has 4 amide bonds. The maximum atomic E-state index is 13.9. The zero-order valence-electron chi connectivity index (χ0n) is 60.9. The van der Waals surface area contributed by atoms with Gasteiger partial charge in [0.1, 0.15) is 17.8 Å². The fraction of sp³-hybridized carbons (Fsp3) is 0.592. The number of nitrogens with zero attached hydrogens (tertiary/aromatic N) is 3. The summed E-state index contributed by atoms with van der Waals surface area (Å²) in [4.78, 5) is 63.5. The maximum absolute atomic E-state index is 13.9. The molecular formula is C71H103B2N5O21S2. The Morgan fingerprint density at radius 2 is 0.911 bits per heavy atom. The van der Waals surface area contributed by atoms with E-state index in [9.17, 15) is 51.0 Å². The number of benzene rings is 4. The second-order valence-electron chi connectivity index (χ2n) is 29.7. The van der Waals surface area contributed by atoms with E-state index in [1.54, 1.807) is 45.0 Å². The van der Waals surface area contributed by atoms with Gasteiger partial charge in [0.15, 0.2) is 0 Å². The Morgan fingerprint density at radius 3 is 1.25 bits per heavy atom. The van der Waals surface area contributed by atoms with E-state index in [1.807, 2.05) is 144 Å². The fourth-order valence-corrected chi connectivity index (χ4v) is 14.3. The Balaban J connectivity index is 0.000000233. The standard InChI is InChI=1S/C31H45BN2O8S.C31H47BN2O7S.C9H11NO6/c1-22(2)19-34(43(37,38)26-14-12-24(13-15-26)32-41-30(3,4)31(5,6)42-32)20-28(35)27(18-23-10-8-7-9-11-23)33-29(36)40-25-16-17-39-21-25;1-22(2)20-34(21-27(35)26(19-23-13-11-10-12-14-23)33-28(36)39-29(3,4)5)42(37,38)25-17-15-24(16-18-25)32-40-30(6,7)31(8,9)41-32;11-7-1-2-8(12)10(7)16-9(13)15-6-3-4-14-5-6/h7-15,22,25,27-28,35H,16-21H2,1-6H3,(H,33,36);10-18,22,26-27,35H,19-21H2,1-9H3,(H,33,36);6H,1-5H2/t25-,27-,28+;26-,27+;6-/m000/s1. The van der Waals surface area contributed by atoms with Crippen LogP contribution in [0.1, 0.15) is 141 Å². The molecule has 101 heavy (non-hydrogen) atoms. The van der Waals surface area contributed by atoms with E-state index in [4.69, 9.17) is 42.3 Å². The van der Waals surface area contributed by atoms with Gasteiger partial charge in [-0.05, 0) is 147 Å². The molecule has 5 saturated heterocycles. The zero-order valence-corrected chi connectivity index (χ0v) is 62.5. The van der Waals surface area contributed by atoms with Gasteiger partial charge in [-0.2, -0.15) is 8.61 Å². The summed E-state index contributed by atoms with van der Waals surface area (Å²) >= 11 is 0. The first-order valence-electron chi connectivity index (χ1n) is 34.4. The molecule has 5 fully saturated rings. The van der Waals surface area contributed by atoms with Crippen molar-refractivity contribution in [1.82, 2.24) is 24.3 Å². The first kappa shape index (κ1) is 81.8. The van der Waals surface area contributed by atoms with Crippen LogP contribution in [0.4, 0.5) is 14.4 Å². The molecule has 0 radical (unpaired) electrons. The lowest BCUT2D eigenvalue weighted by molar-refractivity contribution is -0.178. The summed E-state index contributed by atoms with van der Waals surface area (Å²) in [5, 5.41) is 28.8. The fourth-order valence-electron chi connectivity index (χ4n) is 11.1. The monoisotopic (exact) mass is 1450 g/mol. The summed E-state index contributed by atoms with van der Waals surface area (Å²) in [5.74, 6) is -1.07. The van der Waals surface area contributed by atoms with Gasteiger partial charge in [-0.25, -0.2) is 31.2 Å². The van der Waals surface area contributed by atoms with Gasteiger partial charge in [0.2, 0.25) is 20.0 Å². The van der Waals surface area contributed by atoms with E-state index < -0.39 is 117 Å². The Kier molecular flexibility index (Phi) is 28.2. The molecule has 6 atom stereocenters. The number of ether oxygens (including phenoxy) is 5. The molecule has 556 valence electrons. The van der Waals surface area contributed by atoms with Crippen molar-refractivity contribution in [1.29, 1.82) is 0 Å². The summed E-state index contributed by atoms with van der Waals surface area (Å²) < 4.78 is 109. The number of amides is 4. The van der Waals surface area contributed by atoms with Crippen LogP contribution in [0, 0.1) is 11.8 Å². The Labute approximate surface area is 596 Å². The van der Waals surface area contributed by atoms with Crippen LogP contribution >= 0.6 is 0 Å². The molecule has 0 spiro atoms. The topological polar surface area (TPSA) is 320 Å². The number of hydrogen-bond donors (Lipinski definition) is 4. The quantitative estimate of drug-likeness (QED) is 0.0220. The van der Waals surface area contributed by atoms with E-state index in [1.165, 1.54) is 32.9 Å². The van der Waals surface area contributed by atoms with Gasteiger partial charge in [-0.15, -0.1) is 0 Å². The molecule has 5 aliphatic heterocycles. The molecule has 4 aromatic carbocycles. The van der Waals surface area contributed by atoms with Crippen LogP contribution in [0.15, 0.2) is 119 Å². The number of carbonyl (C=O) groups is 5. The Morgan fingerprint density at radius 1 is 0.554 bits per heavy atom. The zero-order chi connectivity index (χ0) is 74.5. The largest absolute Gasteiger partial charge is 0.534 e. The van der Waals surface area contributed by atoms with Crippen molar-refractivity contribution in [3.05, 3.63) is 120 Å². The molecule has 0 aromatic heterocycles. The molecule has 0 bridgehead atoms. The number of carbonyl (C=O) groups excluding carboxylic acids is 5. The van der Waals surface area contributed by atoms with Gasteiger partial charge >= 0.3 is 32.6 Å². The SMILES string of the molecule is CC(C)CN(C[C@@H](O)[C@H](Cc1ccccc1)NC(=O)OC(C)(C)C)S(=O)(=O)c1ccc(B2OC(C)(C)C(C)(C)O2)cc1.CC(C)CN(C[C@@H](O)[C@H](Cc1ccccc1)NC(=O)O[C@H]1CCOC1)S(=O)(=O)c1ccc(B2OC(C)(C)C(C)(C)O2)cc1.O=C(O[C@H]1CCOC1)ON1C(=O)CCC1=O. The lowest BCUT2D eigenvalue weighted by Gasteiger charge is -2.32. The van der Waals surface area contributed by atoms with Gasteiger partial charge in [0.05, 0.1) is 82.9 Å². The number of hydroxylamine groups is 2. The summed E-state index contributed by atoms with van der Waals surface area (Å²) in [5.41, 5.74) is 0.390. The predicted molar refractivity (Wildman–Crippen MR) is 377 cm³/mol. The van der Waals surface area contributed by atoms with Crippen molar-refractivity contribution in [2.75, 3.05) is 52.6 Å². The van der Waals surface area contributed by atoms with Crippen molar-refractivity contribution in [2.24, 2.45) is 11.8 Å². The van der Waals surface area contributed by atoms with E-state index in [-0.39, 0.29) is 79.3 Å². The first-order chi connectivity index (χ1) is 47.1. The number of imide groups is 1. The maximum Gasteiger partial charge on any atom is 0.534 e. The van der Waals surface area contributed by atoms with Crippen molar-refractivity contribution < 1.29 is 98.2 Å². The molecule has 26 nitrogen and oxygen atoms in total. The lowest BCUT2D eigenvalue weighted by Crippen LogP contribution is -2.52.